The van der Waals surface area contributed by atoms with Gasteiger partial charge in [-0.15, -0.1) is 0 Å². The molecule has 2 rings (SSSR count). The Balaban J connectivity index is 2.70. The van der Waals surface area contributed by atoms with Crippen LogP contribution < -0.4 is 5.56 Å². The summed E-state index contributed by atoms with van der Waals surface area (Å²) < 4.78 is 26.0. The van der Waals surface area contributed by atoms with Crippen LogP contribution in [0.4, 0.5) is 8.78 Å². The molecule has 0 saturated heterocycles. The molecule has 1 heterocycles. The van der Waals surface area contributed by atoms with Crippen molar-refractivity contribution >= 4 is 10.8 Å². The number of aromatic nitrogens is 1. The van der Waals surface area contributed by atoms with Gasteiger partial charge in [0.25, 0.3) is 5.56 Å². The second kappa shape index (κ2) is 3.95. The molecule has 0 aliphatic carbocycles. The van der Waals surface area contributed by atoms with E-state index >= 15 is 0 Å². The topological polar surface area (TPSA) is 32.9 Å². The number of hydrogen-bond acceptors (Lipinski definition) is 1. The molecular weight excluding hydrogens is 224 g/mol. The minimum atomic E-state index is -0.683. The first-order valence-corrected chi connectivity index (χ1v) is 5.33. The average Bonchev–Trinajstić information content (AvgIpc) is 2.28. The van der Waals surface area contributed by atoms with Gasteiger partial charge in [-0.3, -0.25) is 14.2 Å². The van der Waals surface area contributed by atoms with Gasteiger partial charge in [0, 0.05) is 10.8 Å². The molecule has 0 fully saturated rings. The number of H-pyrrole nitrogens is 1. The summed E-state index contributed by atoms with van der Waals surface area (Å²) >= 11 is 0. The Morgan fingerprint density at radius 2 is 2.00 bits per heavy atom. The number of alkyl halides is 1. The Hall–Kier alpha value is -1.71. The summed E-state index contributed by atoms with van der Waals surface area (Å²) in [5, 5.41) is 0.898. The van der Waals surface area contributed by atoms with E-state index in [9.17, 15) is 13.6 Å². The molecule has 0 amide bonds. The van der Waals surface area contributed by atoms with Crippen molar-refractivity contribution in [2.24, 2.45) is 0 Å². The van der Waals surface area contributed by atoms with Gasteiger partial charge in [-0.25, -0.2) is 0 Å². The van der Waals surface area contributed by atoms with Crippen LogP contribution in [0.5, 0.6) is 0 Å². The van der Waals surface area contributed by atoms with Gasteiger partial charge in [0.1, 0.15) is 0 Å². The molecule has 1 aromatic heterocycles. The van der Waals surface area contributed by atoms with Crippen LogP contribution in [0, 0.1) is 5.95 Å². The second-order valence-corrected chi connectivity index (χ2v) is 4.77. The van der Waals surface area contributed by atoms with Crippen LogP contribution in [0.15, 0.2) is 29.1 Å². The zero-order chi connectivity index (χ0) is 12.6. The fourth-order valence-corrected chi connectivity index (χ4v) is 1.74. The van der Waals surface area contributed by atoms with Crippen LogP contribution in [-0.2, 0) is 5.41 Å². The van der Waals surface area contributed by atoms with E-state index in [4.69, 9.17) is 0 Å². The Morgan fingerprint density at radius 3 is 2.65 bits per heavy atom. The van der Waals surface area contributed by atoms with E-state index in [1.54, 1.807) is 32.0 Å². The van der Waals surface area contributed by atoms with E-state index in [1.165, 1.54) is 6.07 Å². The third-order valence-electron chi connectivity index (χ3n) is 2.93. The van der Waals surface area contributed by atoms with E-state index in [-0.39, 0.29) is 0 Å². The summed E-state index contributed by atoms with van der Waals surface area (Å²) in [6.45, 7) is 3.01. The molecule has 4 heteroatoms. The van der Waals surface area contributed by atoms with Gasteiger partial charge in [0.05, 0.1) is 6.67 Å². The van der Waals surface area contributed by atoms with Gasteiger partial charge in [-0.1, -0.05) is 26.0 Å². The van der Waals surface area contributed by atoms with Gasteiger partial charge < -0.3 is 0 Å². The minimum absolute atomic E-state index is 0.407. The Kier molecular flexibility index (Phi) is 2.73. The molecule has 0 aliphatic rings. The number of fused-ring (bicyclic) bond motifs is 1. The predicted octanol–water partition coefficient (Wildman–Crippen LogP) is 2.91. The monoisotopic (exact) mass is 237 g/mol. The molecule has 1 N–H and O–H groups in total. The molecule has 90 valence electrons. The highest BCUT2D eigenvalue weighted by Crippen LogP contribution is 2.26. The number of benzene rings is 1. The molecule has 17 heavy (non-hydrogen) atoms. The maximum absolute atomic E-state index is 13.1. The molecular formula is C13H13F2NO. The van der Waals surface area contributed by atoms with Crippen molar-refractivity contribution in [1.82, 2.24) is 4.98 Å². The number of rotatable bonds is 2. The lowest BCUT2D eigenvalue weighted by Crippen LogP contribution is -2.20. The molecule has 0 spiro atoms. The molecule has 0 bridgehead atoms. The Labute approximate surface area is 97.3 Å². The molecule has 0 saturated carbocycles. The van der Waals surface area contributed by atoms with Crippen molar-refractivity contribution in [3.05, 3.63) is 46.1 Å². The van der Waals surface area contributed by atoms with Crippen molar-refractivity contribution in [1.29, 1.82) is 0 Å². The largest absolute Gasteiger partial charge is 0.298 e. The van der Waals surface area contributed by atoms with E-state index in [2.05, 4.69) is 4.98 Å². The summed E-state index contributed by atoms with van der Waals surface area (Å²) in [5.74, 6) is -0.683. The SMILES string of the molecule is CC(C)(CF)c1ccc2c(=O)[nH]c(F)cc2c1. The highest BCUT2D eigenvalue weighted by Gasteiger charge is 2.20. The third kappa shape index (κ3) is 2.07. The van der Waals surface area contributed by atoms with Gasteiger partial charge in [-0.05, 0) is 23.1 Å². The van der Waals surface area contributed by atoms with Crippen LogP contribution in [-0.4, -0.2) is 11.7 Å². The van der Waals surface area contributed by atoms with Gasteiger partial charge in [-0.2, -0.15) is 4.39 Å². The summed E-state index contributed by atoms with van der Waals surface area (Å²) in [5.41, 5.74) is -0.352. The minimum Gasteiger partial charge on any atom is -0.298 e. The Bertz CT molecular complexity index is 616. The first kappa shape index (κ1) is 11.8. The van der Waals surface area contributed by atoms with Crippen LogP contribution in [0.3, 0.4) is 0 Å². The molecule has 2 nitrogen and oxygen atoms in total. The van der Waals surface area contributed by atoms with Crippen molar-refractivity contribution in [2.45, 2.75) is 19.3 Å². The summed E-state index contributed by atoms with van der Waals surface area (Å²) in [4.78, 5) is 13.5. The lowest BCUT2D eigenvalue weighted by atomic mass is 9.85. The van der Waals surface area contributed by atoms with Gasteiger partial charge >= 0.3 is 0 Å². The lowest BCUT2D eigenvalue weighted by Gasteiger charge is -2.21. The molecule has 0 radical (unpaired) electrons. The highest BCUT2D eigenvalue weighted by molar-refractivity contribution is 5.82. The first-order chi connectivity index (χ1) is 7.94. The average molecular weight is 237 g/mol. The van der Waals surface area contributed by atoms with Crippen LogP contribution >= 0.6 is 0 Å². The number of aromatic amines is 1. The van der Waals surface area contributed by atoms with E-state index < -0.39 is 23.6 Å². The standard InChI is InChI=1S/C13H13F2NO/c1-13(2,7-14)9-3-4-10-8(5-9)6-11(15)16-12(10)17/h3-6H,7H2,1-2H3,(H,16,17). The maximum Gasteiger partial charge on any atom is 0.257 e. The van der Waals surface area contributed by atoms with Gasteiger partial charge in [0.2, 0.25) is 0 Å². The molecule has 0 unspecified atom stereocenters. The van der Waals surface area contributed by atoms with Crippen LogP contribution in [0.1, 0.15) is 19.4 Å². The summed E-state index contributed by atoms with van der Waals surface area (Å²) in [6.07, 6.45) is 0. The number of halogens is 2. The van der Waals surface area contributed by atoms with E-state index in [0.717, 1.165) is 5.56 Å². The fraction of sp³-hybridized carbons (Fsp3) is 0.308. The fourth-order valence-electron chi connectivity index (χ4n) is 1.74. The maximum atomic E-state index is 13.1. The quantitative estimate of drug-likeness (QED) is 0.800. The number of pyridine rings is 1. The molecule has 0 aliphatic heterocycles. The molecule has 1 aromatic carbocycles. The van der Waals surface area contributed by atoms with Crippen LogP contribution in [0.2, 0.25) is 0 Å². The molecule has 2 aromatic rings. The Morgan fingerprint density at radius 1 is 1.29 bits per heavy atom. The van der Waals surface area contributed by atoms with Crippen molar-refractivity contribution in [3.8, 4) is 0 Å². The first-order valence-electron chi connectivity index (χ1n) is 5.33. The molecule has 0 atom stereocenters. The highest BCUT2D eigenvalue weighted by atomic mass is 19.1. The van der Waals surface area contributed by atoms with E-state index in [1.807, 2.05) is 0 Å². The van der Waals surface area contributed by atoms with Crippen LogP contribution in [0.25, 0.3) is 10.8 Å². The third-order valence-corrected chi connectivity index (χ3v) is 2.93. The summed E-state index contributed by atoms with van der Waals surface area (Å²) in [7, 11) is 0. The van der Waals surface area contributed by atoms with E-state index in [0.29, 0.717) is 10.8 Å². The zero-order valence-electron chi connectivity index (χ0n) is 9.68. The predicted molar refractivity (Wildman–Crippen MR) is 63.5 cm³/mol. The zero-order valence-corrected chi connectivity index (χ0v) is 9.68. The van der Waals surface area contributed by atoms with Crippen molar-refractivity contribution in [2.75, 3.05) is 6.67 Å². The number of nitrogens with one attached hydrogen (secondary N) is 1. The lowest BCUT2D eigenvalue weighted by molar-refractivity contribution is 0.351. The smallest absolute Gasteiger partial charge is 0.257 e. The normalized spacial score (nSPS) is 12.0. The summed E-state index contributed by atoms with van der Waals surface area (Å²) in [6, 6.07) is 6.21. The number of hydrogen-bond donors (Lipinski definition) is 1. The van der Waals surface area contributed by atoms with Crippen molar-refractivity contribution in [3.63, 3.8) is 0 Å². The van der Waals surface area contributed by atoms with Gasteiger partial charge in [0.15, 0.2) is 5.95 Å². The second-order valence-electron chi connectivity index (χ2n) is 4.77. The van der Waals surface area contributed by atoms with Crippen molar-refractivity contribution < 1.29 is 8.78 Å².